The predicted molar refractivity (Wildman–Crippen MR) is 105 cm³/mol. The topological polar surface area (TPSA) is 58.9 Å². The van der Waals surface area contributed by atoms with Gasteiger partial charge in [-0.1, -0.05) is 23.7 Å². The van der Waals surface area contributed by atoms with Gasteiger partial charge in [0.15, 0.2) is 10.1 Å². The molecule has 1 aromatic carbocycles. The lowest BCUT2D eigenvalue weighted by atomic mass is 10.2. The van der Waals surface area contributed by atoms with Gasteiger partial charge in [-0.15, -0.1) is 11.3 Å². The lowest BCUT2D eigenvalue weighted by Crippen LogP contribution is -2.36. The van der Waals surface area contributed by atoms with E-state index in [4.69, 9.17) is 16.3 Å². The fraction of sp³-hybridized carbons (Fsp3) is 0.222. The van der Waals surface area contributed by atoms with Gasteiger partial charge in [0.05, 0.1) is 30.3 Å². The Hall–Kier alpha value is -2.35. The van der Waals surface area contributed by atoms with Crippen molar-refractivity contribution < 1.29 is 9.53 Å². The molecule has 0 saturated carbocycles. The van der Waals surface area contributed by atoms with Crippen molar-refractivity contribution in [1.29, 1.82) is 0 Å². The number of ether oxygens (including phenoxy) is 1. The summed E-state index contributed by atoms with van der Waals surface area (Å²) in [5.74, 6) is -0.216. The van der Waals surface area contributed by atoms with Crippen LogP contribution < -0.4 is 10.2 Å². The van der Waals surface area contributed by atoms with E-state index in [1.54, 1.807) is 6.08 Å². The summed E-state index contributed by atoms with van der Waals surface area (Å²) in [5.41, 5.74) is 2.48. The Balaban J connectivity index is 1.52. The van der Waals surface area contributed by atoms with Crippen LogP contribution in [0.1, 0.15) is 5.69 Å². The molecule has 0 spiro atoms. The molecule has 3 heterocycles. The van der Waals surface area contributed by atoms with Crippen molar-refractivity contribution in [3.05, 3.63) is 52.8 Å². The number of nitrogens with zero attached hydrogens (tertiary/aromatic N) is 3. The number of carbonyl (C=O) groups excluding carboxylic acids is 1. The second-order valence-electron chi connectivity index (χ2n) is 5.78. The van der Waals surface area contributed by atoms with Gasteiger partial charge in [0, 0.05) is 30.7 Å². The summed E-state index contributed by atoms with van der Waals surface area (Å²) in [6.45, 7) is 3.01. The minimum atomic E-state index is -0.216. The van der Waals surface area contributed by atoms with Gasteiger partial charge in [0.1, 0.15) is 0 Å². The van der Waals surface area contributed by atoms with E-state index in [-0.39, 0.29) is 5.91 Å². The SMILES string of the molecule is O=C(C=Cc1c(Cl)nc2sccn12)Nc1ccccc1N1CCOCC1. The van der Waals surface area contributed by atoms with Crippen LogP contribution in [0, 0.1) is 0 Å². The van der Waals surface area contributed by atoms with Crippen molar-refractivity contribution in [1.82, 2.24) is 9.38 Å². The molecule has 1 fully saturated rings. The third kappa shape index (κ3) is 3.46. The number of hydrogen-bond acceptors (Lipinski definition) is 5. The van der Waals surface area contributed by atoms with Gasteiger partial charge in [0.25, 0.3) is 0 Å². The van der Waals surface area contributed by atoms with Crippen molar-refractivity contribution in [3.63, 3.8) is 0 Å². The van der Waals surface area contributed by atoms with Gasteiger partial charge in [-0.25, -0.2) is 4.98 Å². The van der Waals surface area contributed by atoms with Gasteiger partial charge < -0.3 is 15.0 Å². The highest BCUT2D eigenvalue weighted by atomic mass is 35.5. The summed E-state index contributed by atoms with van der Waals surface area (Å²) >= 11 is 7.65. The number of benzene rings is 1. The number of para-hydroxylation sites is 2. The molecule has 1 aliphatic heterocycles. The first-order valence-corrected chi connectivity index (χ1v) is 9.50. The number of halogens is 1. The van der Waals surface area contributed by atoms with Crippen LogP contribution >= 0.6 is 22.9 Å². The lowest BCUT2D eigenvalue weighted by molar-refractivity contribution is -0.111. The van der Waals surface area contributed by atoms with Gasteiger partial charge in [-0.05, 0) is 18.2 Å². The smallest absolute Gasteiger partial charge is 0.248 e. The molecule has 2 aromatic heterocycles. The number of fused-ring (bicyclic) bond motifs is 1. The average molecular weight is 389 g/mol. The molecule has 0 aliphatic carbocycles. The highest BCUT2D eigenvalue weighted by Gasteiger charge is 2.15. The predicted octanol–water partition coefficient (Wildman–Crippen LogP) is 3.54. The van der Waals surface area contributed by atoms with Gasteiger partial charge in [0.2, 0.25) is 5.91 Å². The first-order chi connectivity index (χ1) is 12.7. The number of amides is 1. The number of aromatic nitrogens is 2. The molecule has 1 amide bonds. The number of imidazole rings is 1. The number of thiazole rings is 1. The minimum Gasteiger partial charge on any atom is -0.378 e. The zero-order chi connectivity index (χ0) is 17.9. The summed E-state index contributed by atoms with van der Waals surface area (Å²) in [6.07, 6.45) is 5.04. The van der Waals surface area contributed by atoms with Crippen LogP contribution in [0.2, 0.25) is 5.15 Å². The number of morpholine rings is 1. The fourth-order valence-electron chi connectivity index (χ4n) is 2.91. The highest BCUT2D eigenvalue weighted by Crippen LogP contribution is 2.27. The summed E-state index contributed by atoms with van der Waals surface area (Å²) in [4.78, 5) is 19.7. The zero-order valence-corrected chi connectivity index (χ0v) is 15.5. The van der Waals surface area contributed by atoms with Crippen LogP contribution in [-0.2, 0) is 9.53 Å². The minimum absolute atomic E-state index is 0.216. The van der Waals surface area contributed by atoms with E-state index in [9.17, 15) is 4.79 Å². The highest BCUT2D eigenvalue weighted by molar-refractivity contribution is 7.15. The molecule has 4 rings (SSSR count). The molecule has 1 aliphatic rings. The third-order valence-corrected chi connectivity index (χ3v) is 5.20. The Morgan fingerprint density at radius 2 is 2.12 bits per heavy atom. The van der Waals surface area contributed by atoms with Crippen molar-refractivity contribution in [3.8, 4) is 0 Å². The van der Waals surface area contributed by atoms with Crippen LogP contribution in [0.15, 0.2) is 41.9 Å². The molecule has 8 heteroatoms. The van der Waals surface area contributed by atoms with E-state index in [1.165, 1.54) is 17.4 Å². The number of rotatable bonds is 4. The number of carbonyl (C=O) groups is 1. The second kappa shape index (κ2) is 7.49. The van der Waals surface area contributed by atoms with Crippen LogP contribution in [0.4, 0.5) is 11.4 Å². The van der Waals surface area contributed by atoms with Crippen molar-refractivity contribution in [2.75, 3.05) is 36.5 Å². The standard InChI is InChI=1S/C18H17ClN4O2S/c19-17-15(23-9-12-26-18(23)21-17)5-6-16(24)20-13-3-1-2-4-14(13)22-7-10-25-11-8-22/h1-6,9,12H,7-8,10-11H2,(H,20,24). The Morgan fingerprint density at radius 1 is 1.31 bits per heavy atom. The zero-order valence-electron chi connectivity index (χ0n) is 13.9. The Bertz CT molecular complexity index is 959. The van der Waals surface area contributed by atoms with Crippen LogP contribution in [-0.4, -0.2) is 41.6 Å². The molecular formula is C18H17ClN4O2S. The molecule has 3 aromatic rings. The van der Waals surface area contributed by atoms with Gasteiger partial charge in [-0.3, -0.25) is 9.20 Å². The summed E-state index contributed by atoms with van der Waals surface area (Å²) in [7, 11) is 0. The first-order valence-electron chi connectivity index (χ1n) is 8.24. The lowest BCUT2D eigenvalue weighted by Gasteiger charge is -2.30. The summed E-state index contributed by atoms with van der Waals surface area (Å²) in [6, 6.07) is 7.79. The molecule has 1 N–H and O–H groups in total. The normalized spacial score (nSPS) is 15.0. The number of hydrogen-bond donors (Lipinski definition) is 1. The summed E-state index contributed by atoms with van der Waals surface area (Å²) in [5, 5.41) is 5.26. The monoisotopic (exact) mass is 388 g/mol. The van der Waals surface area contributed by atoms with Crippen molar-refractivity contribution in [2.24, 2.45) is 0 Å². The Labute approximate surface area is 159 Å². The molecule has 0 bridgehead atoms. The maximum absolute atomic E-state index is 12.4. The van der Waals surface area contributed by atoms with E-state index in [0.717, 1.165) is 29.4 Å². The van der Waals surface area contributed by atoms with Gasteiger partial charge in [-0.2, -0.15) is 0 Å². The molecule has 6 nitrogen and oxygen atoms in total. The molecule has 26 heavy (non-hydrogen) atoms. The van der Waals surface area contributed by atoms with Crippen molar-refractivity contribution in [2.45, 2.75) is 0 Å². The molecule has 0 atom stereocenters. The van der Waals surface area contributed by atoms with Crippen LogP contribution in [0.3, 0.4) is 0 Å². The van der Waals surface area contributed by atoms with Crippen LogP contribution in [0.25, 0.3) is 11.0 Å². The van der Waals surface area contributed by atoms with E-state index in [2.05, 4.69) is 15.2 Å². The average Bonchev–Trinajstić information content (AvgIpc) is 3.22. The summed E-state index contributed by atoms with van der Waals surface area (Å²) < 4.78 is 7.26. The van der Waals surface area contributed by atoms with Crippen LogP contribution in [0.5, 0.6) is 0 Å². The molecule has 1 saturated heterocycles. The largest absolute Gasteiger partial charge is 0.378 e. The quantitative estimate of drug-likeness (QED) is 0.694. The van der Waals surface area contributed by atoms with E-state index in [1.807, 2.05) is 40.2 Å². The molecule has 134 valence electrons. The van der Waals surface area contributed by atoms with Gasteiger partial charge >= 0.3 is 0 Å². The van der Waals surface area contributed by atoms with E-state index in [0.29, 0.717) is 24.1 Å². The third-order valence-electron chi connectivity index (χ3n) is 4.16. The molecule has 0 radical (unpaired) electrons. The second-order valence-corrected chi connectivity index (χ2v) is 7.01. The molecular weight excluding hydrogens is 372 g/mol. The fourth-order valence-corrected chi connectivity index (χ4v) is 3.92. The maximum atomic E-state index is 12.4. The molecule has 0 unspecified atom stereocenters. The number of anilines is 2. The number of nitrogens with one attached hydrogen (secondary N) is 1. The Morgan fingerprint density at radius 3 is 2.96 bits per heavy atom. The first kappa shape index (κ1) is 17.1. The maximum Gasteiger partial charge on any atom is 0.248 e. The van der Waals surface area contributed by atoms with E-state index < -0.39 is 0 Å². The van der Waals surface area contributed by atoms with Crippen molar-refractivity contribution >= 4 is 51.3 Å². The van der Waals surface area contributed by atoms with E-state index >= 15 is 0 Å². The Kier molecular flexibility index (Phi) is 4.92.